The lowest BCUT2D eigenvalue weighted by atomic mass is 10.2. The van der Waals surface area contributed by atoms with Gasteiger partial charge in [-0.3, -0.25) is 5.10 Å². The van der Waals surface area contributed by atoms with Gasteiger partial charge in [-0.1, -0.05) is 13.8 Å². The Labute approximate surface area is 88.8 Å². The molecule has 1 N–H and O–H groups in total. The zero-order chi connectivity index (χ0) is 10.8. The molecule has 0 saturated heterocycles. The molecule has 2 rings (SSSR count). The first-order valence-electron chi connectivity index (χ1n) is 5.02. The Morgan fingerprint density at radius 3 is 2.67 bits per heavy atom. The van der Waals surface area contributed by atoms with Crippen molar-refractivity contribution in [1.29, 1.82) is 0 Å². The highest BCUT2D eigenvalue weighted by Gasteiger charge is 2.08. The number of aromatic nitrogens is 4. The van der Waals surface area contributed by atoms with Crippen molar-refractivity contribution in [1.82, 2.24) is 20.2 Å². The van der Waals surface area contributed by atoms with Crippen molar-refractivity contribution in [2.75, 3.05) is 0 Å². The van der Waals surface area contributed by atoms with Crippen molar-refractivity contribution < 1.29 is 0 Å². The molecule has 0 spiro atoms. The lowest BCUT2D eigenvalue weighted by Gasteiger charge is -2.06. The molecule has 0 aromatic carbocycles. The fourth-order valence-corrected chi connectivity index (χ4v) is 1.39. The maximum absolute atomic E-state index is 4.49. The summed E-state index contributed by atoms with van der Waals surface area (Å²) < 4.78 is 0. The topological polar surface area (TPSA) is 54.5 Å². The second-order valence-electron chi connectivity index (χ2n) is 3.88. The van der Waals surface area contributed by atoms with Gasteiger partial charge in [-0.25, -0.2) is 9.97 Å². The van der Waals surface area contributed by atoms with Gasteiger partial charge in [0, 0.05) is 17.8 Å². The standard InChI is InChI=1S/C11H14N4/c1-7(2)11-13-8(3)6-10(14-11)9-4-5-12-15-9/h4-7H,1-3H3,(H,12,15). The third kappa shape index (κ3) is 2.03. The van der Waals surface area contributed by atoms with Gasteiger partial charge in [0.25, 0.3) is 0 Å². The number of hydrogen-bond acceptors (Lipinski definition) is 3. The van der Waals surface area contributed by atoms with Crippen LogP contribution in [0.2, 0.25) is 0 Å². The van der Waals surface area contributed by atoms with Crippen molar-refractivity contribution in [3.63, 3.8) is 0 Å². The highest BCUT2D eigenvalue weighted by molar-refractivity contribution is 5.53. The van der Waals surface area contributed by atoms with Crippen molar-refractivity contribution in [3.05, 3.63) is 29.8 Å². The van der Waals surface area contributed by atoms with Crippen LogP contribution in [0.4, 0.5) is 0 Å². The summed E-state index contributed by atoms with van der Waals surface area (Å²) >= 11 is 0. The average Bonchev–Trinajstić information content (AvgIpc) is 2.69. The van der Waals surface area contributed by atoms with Gasteiger partial charge >= 0.3 is 0 Å². The molecular weight excluding hydrogens is 188 g/mol. The van der Waals surface area contributed by atoms with Crippen molar-refractivity contribution in [2.45, 2.75) is 26.7 Å². The van der Waals surface area contributed by atoms with E-state index in [1.165, 1.54) is 0 Å². The Morgan fingerprint density at radius 1 is 1.27 bits per heavy atom. The molecule has 0 unspecified atom stereocenters. The van der Waals surface area contributed by atoms with Crippen LogP contribution >= 0.6 is 0 Å². The van der Waals surface area contributed by atoms with Crippen molar-refractivity contribution >= 4 is 0 Å². The molecule has 2 heterocycles. The molecule has 4 nitrogen and oxygen atoms in total. The molecule has 2 aromatic heterocycles. The zero-order valence-electron chi connectivity index (χ0n) is 9.15. The van der Waals surface area contributed by atoms with Crippen molar-refractivity contribution in [2.24, 2.45) is 0 Å². The fourth-order valence-electron chi connectivity index (χ4n) is 1.39. The minimum atomic E-state index is 0.339. The van der Waals surface area contributed by atoms with E-state index in [0.29, 0.717) is 5.92 Å². The smallest absolute Gasteiger partial charge is 0.131 e. The summed E-state index contributed by atoms with van der Waals surface area (Å²) in [5, 5.41) is 6.82. The maximum atomic E-state index is 4.49. The number of nitrogens with zero attached hydrogens (tertiary/aromatic N) is 3. The van der Waals surface area contributed by atoms with Gasteiger partial charge in [-0.15, -0.1) is 0 Å². The zero-order valence-corrected chi connectivity index (χ0v) is 9.15. The van der Waals surface area contributed by atoms with E-state index < -0.39 is 0 Å². The number of aromatic amines is 1. The third-order valence-corrected chi connectivity index (χ3v) is 2.16. The average molecular weight is 202 g/mol. The Hall–Kier alpha value is -1.71. The van der Waals surface area contributed by atoms with Crippen LogP contribution < -0.4 is 0 Å². The molecule has 2 aromatic rings. The number of hydrogen-bond donors (Lipinski definition) is 1. The molecule has 0 aliphatic carbocycles. The summed E-state index contributed by atoms with van der Waals surface area (Å²) in [5.41, 5.74) is 2.82. The Balaban J connectivity index is 2.49. The van der Waals surface area contributed by atoms with E-state index in [0.717, 1.165) is 22.9 Å². The first kappa shape index (κ1) is 9.83. The molecule has 0 atom stereocenters. The van der Waals surface area contributed by atoms with Gasteiger partial charge in [0.1, 0.15) is 5.82 Å². The molecule has 0 aliphatic rings. The van der Waals surface area contributed by atoms with E-state index in [-0.39, 0.29) is 0 Å². The number of H-pyrrole nitrogens is 1. The van der Waals surface area contributed by atoms with Gasteiger partial charge < -0.3 is 0 Å². The fraction of sp³-hybridized carbons (Fsp3) is 0.364. The highest BCUT2D eigenvalue weighted by Crippen LogP contribution is 2.17. The molecule has 0 amide bonds. The largest absolute Gasteiger partial charge is 0.276 e. The van der Waals surface area contributed by atoms with Crippen LogP contribution in [0.15, 0.2) is 18.3 Å². The van der Waals surface area contributed by atoms with Crippen LogP contribution in [0.5, 0.6) is 0 Å². The second kappa shape index (κ2) is 3.81. The number of rotatable bonds is 2. The Bertz CT molecular complexity index is 446. The second-order valence-corrected chi connectivity index (χ2v) is 3.88. The predicted molar refractivity (Wildman–Crippen MR) is 58.4 cm³/mol. The normalized spacial score (nSPS) is 10.9. The molecule has 0 aliphatic heterocycles. The number of nitrogens with one attached hydrogen (secondary N) is 1. The summed E-state index contributed by atoms with van der Waals surface area (Å²) in [7, 11) is 0. The summed E-state index contributed by atoms with van der Waals surface area (Å²) in [6.45, 7) is 6.16. The molecule has 78 valence electrons. The monoisotopic (exact) mass is 202 g/mol. The van der Waals surface area contributed by atoms with Crippen LogP contribution in [0.25, 0.3) is 11.4 Å². The van der Waals surface area contributed by atoms with Crippen LogP contribution in [0.1, 0.15) is 31.3 Å². The lowest BCUT2D eigenvalue weighted by molar-refractivity contribution is 0.767. The molecule has 15 heavy (non-hydrogen) atoms. The summed E-state index contributed by atoms with van der Waals surface area (Å²) in [6, 6.07) is 3.87. The van der Waals surface area contributed by atoms with Crippen LogP contribution in [0.3, 0.4) is 0 Å². The molecule has 0 bridgehead atoms. The highest BCUT2D eigenvalue weighted by atomic mass is 15.1. The first-order chi connectivity index (χ1) is 7.16. The summed E-state index contributed by atoms with van der Waals surface area (Å²) in [4.78, 5) is 8.89. The van der Waals surface area contributed by atoms with E-state index >= 15 is 0 Å². The molecule has 4 heteroatoms. The summed E-state index contributed by atoms with van der Waals surface area (Å²) in [5.74, 6) is 1.21. The number of aryl methyl sites for hydroxylation is 1. The first-order valence-corrected chi connectivity index (χ1v) is 5.02. The van der Waals surface area contributed by atoms with Crippen LogP contribution in [-0.4, -0.2) is 20.2 Å². The van der Waals surface area contributed by atoms with Gasteiger partial charge in [-0.05, 0) is 19.1 Å². The molecule has 0 saturated carbocycles. The summed E-state index contributed by atoms with van der Waals surface area (Å²) in [6.07, 6.45) is 1.72. The predicted octanol–water partition coefficient (Wildman–Crippen LogP) is 2.30. The van der Waals surface area contributed by atoms with E-state index in [4.69, 9.17) is 0 Å². The maximum Gasteiger partial charge on any atom is 0.131 e. The molecule has 0 fully saturated rings. The third-order valence-electron chi connectivity index (χ3n) is 2.16. The SMILES string of the molecule is Cc1cc(-c2ccn[nH]2)nc(C(C)C)n1. The van der Waals surface area contributed by atoms with E-state index in [9.17, 15) is 0 Å². The Morgan fingerprint density at radius 2 is 2.07 bits per heavy atom. The van der Waals surface area contributed by atoms with Crippen LogP contribution in [0, 0.1) is 6.92 Å². The van der Waals surface area contributed by atoms with Gasteiger partial charge in [0.2, 0.25) is 0 Å². The van der Waals surface area contributed by atoms with Crippen molar-refractivity contribution in [3.8, 4) is 11.4 Å². The Kier molecular flexibility index (Phi) is 2.49. The van der Waals surface area contributed by atoms with E-state index in [1.54, 1.807) is 6.20 Å². The minimum absolute atomic E-state index is 0.339. The van der Waals surface area contributed by atoms with Gasteiger partial charge in [0.15, 0.2) is 0 Å². The molecular formula is C11H14N4. The van der Waals surface area contributed by atoms with Crippen LogP contribution in [-0.2, 0) is 0 Å². The van der Waals surface area contributed by atoms with Gasteiger partial charge in [0.05, 0.1) is 11.4 Å². The minimum Gasteiger partial charge on any atom is -0.276 e. The van der Waals surface area contributed by atoms with E-state index in [1.807, 2.05) is 19.1 Å². The quantitative estimate of drug-likeness (QED) is 0.812. The van der Waals surface area contributed by atoms with E-state index in [2.05, 4.69) is 34.0 Å². The lowest BCUT2D eigenvalue weighted by Crippen LogP contribution is -2.00. The molecule has 0 radical (unpaired) electrons. The van der Waals surface area contributed by atoms with Gasteiger partial charge in [-0.2, -0.15) is 5.10 Å².